The van der Waals surface area contributed by atoms with Gasteiger partial charge in [-0.3, -0.25) is 0 Å². The molecule has 0 aliphatic carbocycles. The first-order chi connectivity index (χ1) is 7.27. The van der Waals surface area contributed by atoms with Crippen molar-refractivity contribution >= 4 is 16.7 Å². The monoisotopic (exact) mass is 204 g/mol. The Morgan fingerprint density at radius 1 is 1.40 bits per heavy atom. The summed E-state index contributed by atoms with van der Waals surface area (Å²) in [5.74, 6) is 0. The fourth-order valence-electron chi connectivity index (χ4n) is 1.55. The van der Waals surface area contributed by atoms with E-state index in [2.05, 4.69) is 5.32 Å². The number of anilines is 1. The zero-order chi connectivity index (χ0) is 10.7. The second-order valence-electron chi connectivity index (χ2n) is 3.84. The summed E-state index contributed by atoms with van der Waals surface area (Å²) in [7, 11) is 0. The number of nitrogens with one attached hydrogen (secondary N) is 1. The van der Waals surface area contributed by atoms with Crippen LogP contribution in [0.3, 0.4) is 0 Å². The maximum absolute atomic E-state index is 5.68. The number of hydrogen-bond acceptors (Lipinski definition) is 3. The van der Waals surface area contributed by atoms with E-state index in [0.29, 0.717) is 0 Å². The van der Waals surface area contributed by atoms with Crippen LogP contribution >= 0.6 is 0 Å². The van der Waals surface area contributed by atoms with Gasteiger partial charge in [0.1, 0.15) is 11.8 Å². The van der Waals surface area contributed by atoms with Gasteiger partial charge in [0.15, 0.2) is 0 Å². The number of fused-ring (bicyclic) bond motifs is 1. The van der Waals surface area contributed by atoms with Crippen molar-refractivity contribution in [3.8, 4) is 0 Å². The molecule has 0 bridgehead atoms. The summed E-state index contributed by atoms with van der Waals surface area (Å²) < 4.78 is 5.41. The van der Waals surface area contributed by atoms with Crippen LogP contribution in [-0.4, -0.2) is 12.6 Å². The normalized spacial score (nSPS) is 12.9. The molecule has 2 aromatic rings. The van der Waals surface area contributed by atoms with Crippen LogP contribution in [0.5, 0.6) is 0 Å². The van der Waals surface area contributed by atoms with Crippen molar-refractivity contribution < 1.29 is 4.42 Å². The van der Waals surface area contributed by atoms with E-state index in [9.17, 15) is 0 Å². The highest BCUT2D eigenvalue weighted by Crippen LogP contribution is 2.24. The van der Waals surface area contributed by atoms with Crippen LogP contribution in [0.15, 0.2) is 34.9 Å². The van der Waals surface area contributed by atoms with Crippen molar-refractivity contribution in [1.82, 2.24) is 0 Å². The fourth-order valence-corrected chi connectivity index (χ4v) is 1.55. The lowest BCUT2D eigenvalue weighted by Gasteiger charge is -2.06. The average Bonchev–Trinajstić information content (AvgIpc) is 2.62. The van der Waals surface area contributed by atoms with Crippen molar-refractivity contribution in [3.05, 3.63) is 30.5 Å². The molecule has 1 atom stereocenters. The first-order valence-electron chi connectivity index (χ1n) is 5.23. The molecule has 80 valence electrons. The van der Waals surface area contributed by atoms with Crippen LogP contribution in [0, 0.1) is 0 Å². The molecule has 0 aliphatic rings. The maximum atomic E-state index is 5.68. The summed E-state index contributed by atoms with van der Waals surface area (Å²) in [4.78, 5) is 0. The molecule has 15 heavy (non-hydrogen) atoms. The third-order valence-corrected chi connectivity index (χ3v) is 2.40. The van der Waals surface area contributed by atoms with Gasteiger partial charge >= 0.3 is 0 Å². The molecular formula is C12H16N2O. The van der Waals surface area contributed by atoms with E-state index >= 15 is 0 Å². The Hall–Kier alpha value is -1.48. The predicted molar refractivity (Wildman–Crippen MR) is 63.0 cm³/mol. The predicted octanol–water partition coefficient (Wildman–Crippen LogP) is 2.58. The van der Waals surface area contributed by atoms with Crippen LogP contribution in [0.4, 0.5) is 5.69 Å². The molecule has 1 aromatic carbocycles. The van der Waals surface area contributed by atoms with Crippen molar-refractivity contribution in [2.45, 2.75) is 19.4 Å². The number of rotatable bonds is 4. The van der Waals surface area contributed by atoms with Gasteiger partial charge in [-0.1, -0.05) is 12.1 Å². The molecule has 1 heterocycles. The molecule has 3 nitrogen and oxygen atoms in total. The number of nitrogens with two attached hydrogens (primary N) is 1. The molecule has 3 heteroatoms. The van der Waals surface area contributed by atoms with E-state index in [1.807, 2.05) is 31.2 Å². The van der Waals surface area contributed by atoms with E-state index in [1.54, 1.807) is 6.26 Å². The van der Waals surface area contributed by atoms with Crippen molar-refractivity contribution in [2.75, 3.05) is 11.9 Å². The van der Waals surface area contributed by atoms with Gasteiger partial charge in [-0.05, 0) is 25.5 Å². The molecule has 0 amide bonds. The number of para-hydroxylation sites is 1. The Kier molecular flexibility index (Phi) is 2.92. The Morgan fingerprint density at radius 3 is 3.00 bits per heavy atom. The van der Waals surface area contributed by atoms with Gasteiger partial charge in [-0.15, -0.1) is 0 Å². The highest BCUT2D eigenvalue weighted by Gasteiger charge is 2.03. The van der Waals surface area contributed by atoms with Crippen LogP contribution in [0.1, 0.15) is 13.3 Å². The van der Waals surface area contributed by atoms with E-state index < -0.39 is 0 Å². The lowest BCUT2D eigenvalue weighted by Crippen LogP contribution is -2.18. The van der Waals surface area contributed by atoms with Crippen LogP contribution in [0.2, 0.25) is 0 Å². The molecule has 0 saturated heterocycles. The minimum Gasteiger partial charge on any atom is -0.462 e. The van der Waals surface area contributed by atoms with Gasteiger partial charge in [-0.25, -0.2) is 0 Å². The highest BCUT2D eigenvalue weighted by atomic mass is 16.3. The summed E-state index contributed by atoms with van der Waals surface area (Å²) in [5, 5.41) is 4.45. The summed E-state index contributed by atoms with van der Waals surface area (Å²) in [6.07, 6.45) is 2.71. The molecule has 0 aliphatic heterocycles. The first-order valence-corrected chi connectivity index (χ1v) is 5.23. The lowest BCUT2D eigenvalue weighted by atomic mass is 10.2. The second-order valence-corrected chi connectivity index (χ2v) is 3.84. The van der Waals surface area contributed by atoms with Crippen LogP contribution in [-0.2, 0) is 0 Å². The minimum atomic E-state index is 0.232. The Balaban J connectivity index is 2.08. The highest BCUT2D eigenvalue weighted by molar-refractivity contribution is 5.90. The lowest BCUT2D eigenvalue weighted by molar-refractivity contribution is 0.616. The molecule has 0 radical (unpaired) electrons. The molecular weight excluding hydrogens is 188 g/mol. The number of benzene rings is 1. The number of hydrogen-bond donors (Lipinski definition) is 2. The quantitative estimate of drug-likeness (QED) is 0.804. The van der Waals surface area contributed by atoms with Gasteiger partial charge in [0.2, 0.25) is 0 Å². The smallest absolute Gasteiger partial charge is 0.136 e. The van der Waals surface area contributed by atoms with Gasteiger partial charge < -0.3 is 15.5 Å². The zero-order valence-electron chi connectivity index (χ0n) is 8.86. The van der Waals surface area contributed by atoms with Gasteiger partial charge in [0.05, 0.1) is 5.69 Å². The molecule has 0 saturated carbocycles. The van der Waals surface area contributed by atoms with Crippen molar-refractivity contribution in [2.24, 2.45) is 5.73 Å². The van der Waals surface area contributed by atoms with Crippen molar-refractivity contribution in [1.29, 1.82) is 0 Å². The van der Waals surface area contributed by atoms with Gasteiger partial charge in [0, 0.05) is 18.0 Å². The molecule has 0 spiro atoms. The SMILES string of the molecule is CC(N)CCNc1coc2ccccc12. The van der Waals surface area contributed by atoms with E-state index in [0.717, 1.165) is 29.6 Å². The van der Waals surface area contributed by atoms with Crippen LogP contribution in [0.25, 0.3) is 11.0 Å². The fraction of sp³-hybridized carbons (Fsp3) is 0.333. The summed E-state index contributed by atoms with van der Waals surface area (Å²) in [6.45, 7) is 2.89. The Labute approximate surface area is 89.3 Å². The zero-order valence-corrected chi connectivity index (χ0v) is 8.86. The van der Waals surface area contributed by atoms with E-state index in [-0.39, 0.29) is 6.04 Å². The van der Waals surface area contributed by atoms with Gasteiger partial charge in [0.25, 0.3) is 0 Å². The van der Waals surface area contributed by atoms with Crippen LogP contribution < -0.4 is 11.1 Å². The molecule has 1 aromatic heterocycles. The standard InChI is InChI=1S/C12H16N2O/c1-9(13)6-7-14-11-8-15-12-5-3-2-4-10(11)12/h2-5,8-9,14H,6-7,13H2,1H3. The Bertz CT molecular complexity index is 434. The summed E-state index contributed by atoms with van der Waals surface area (Å²) >= 11 is 0. The second kappa shape index (κ2) is 4.36. The third-order valence-electron chi connectivity index (χ3n) is 2.40. The van der Waals surface area contributed by atoms with E-state index in [1.165, 1.54) is 0 Å². The summed E-state index contributed by atoms with van der Waals surface area (Å²) in [5.41, 5.74) is 7.65. The largest absolute Gasteiger partial charge is 0.462 e. The first kappa shape index (κ1) is 10.1. The molecule has 0 fully saturated rings. The molecule has 1 unspecified atom stereocenters. The minimum absolute atomic E-state index is 0.232. The third kappa shape index (κ3) is 2.30. The number of furan rings is 1. The molecule has 3 N–H and O–H groups in total. The van der Waals surface area contributed by atoms with E-state index in [4.69, 9.17) is 10.2 Å². The maximum Gasteiger partial charge on any atom is 0.136 e. The van der Waals surface area contributed by atoms with Gasteiger partial charge in [-0.2, -0.15) is 0 Å². The average molecular weight is 204 g/mol. The Morgan fingerprint density at radius 2 is 2.20 bits per heavy atom. The summed E-state index contributed by atoms with van der Waals surface area (Å²) in [6, 6.07) is 8.22. The van der Waals surface area contributed by atoms with Crippen molar-refractivity contribution in [3.63, 3.8) is 0 Å². The topological polar surface area (TPSA) is 51.2 Å². The molecule has 2 rings (SSSR count).